The lowest BCUT2D eigenvalue weighted by atomic mass is 9.72. The summed E-state index contributed by atoms with van der Waals surface area (Å²) in [6, 6.07) is 4.07. The summed E-state index contributed by atoms with van der Waals surface area (Å²) in [4.78, 5) is 49.7. The van der Waals surface area contributed by atoms with Gasteiger partial charge in [-0.3, -0.25) is 19.2 Å². The van der Waals surface area contributed by atoms with Gasteiger partial charge in [-0.25, -0.2) is 0 Å². The Morgan fingerprint density at radius 2 is 1.79 bits per heavy atom. The van der Waals surface area contributed by atoms with Crippen LogP contribution in [-0.2, 0) is 27.2 Å². The molecule has 33 heavy (non-hydrogen) atoms. The highest BCUT2D eigenvalue weighted by Crippen LogP contribution is 2.37. The van der Waals surface area contributed by atoms with E-state index in [1.807, 2.05) is 26.0 Å². The molecular weight excluding hydrogens is 412 g/mol. The number of fused-ring (bicyclic) bond motifs is 1. The number of benzene rings is 1. The molecule has 2 rings (SSSR count). The summed E-state index contributed by atoms with van der Waals surface area (Å²) in [5.74, 6) is 0.710. The number of ketones is 4. The molecule has 0 fully saturated rings. The van der Waals surface area contributed by atoms with Gasteiger partial charge in [0.05, 0.1) is 6.42 Å². The Balaban J connectivity index is 2.17. The molecule has 3 atom stereocenters. The molecule has 0 heterocycles. The summed E-state index contributed by atoms with van der Waals surface area (Å²) in [5.41, 5.74) is 3.84. The third-order valence-electron chi connectivity index (χ3n) is 7.26. The average Bonchev–Trinajstić information content (AvgIpc) is 2.74. The Morgan fingerprint density at radius 1 is 1.06 bits per heavy atom. The number of carbonyl (C=O) groups is 4. The fourth-order valence-corrected chi connectivity index (χ4v) is 5.63. The van der Waals surface area contributed by atoms with E-state index < -0.39 is 0 Å². The summed E-state index contributed by atoms with van der Waals surface area (Å²) >= 11 is 0. The van der Waals surface area contributed by atoms with Crippen molar-refractivity contribution in [3.05, 3.63) is 34.4 Å². The minimum absolute atomic E-state index is 0.0180. The Hall–Kier alpha value is -2.10. The zero-order chi connectivity index (χ0) is 24.5. The van der Waals surface area contributed by atoms with Crippen molar-refractivity contribution in [3.8, 4) is 0 Å². The highest BCUT2D eigenvalue weighted by Gasteiger charge is 2.33. The molecule has 0 saturated heterocycles. The molecule has 0 aromatic heterocycles. The second kappa shape index (κ2) is 13.0. The van der Waals surface area contributed by atoms with Gasteiger partial charge in [0, 0.05) is 30.7 Å². The number of carbonyl (C=O) groups excluding carboxylic acids is 4. The van der Waals surface area contributed by atoms with Gasteiger partial charge in [-0.05, 0) is 68.1 Å². The minimum atomic E-state index is -0.108. The molecule has 0 spiro atoms. The van der Waals surface area contributed by atoms with Gasteiger partial charge in [0.2, 0.25) is 0 Å². The van der Waals surface area contributed by atoms with E-state index in [0.717, 1.165) is 67.2 Å². The number of Topliss-reactive ketones (excluding diaryl/α,β-unsaturated/α-hetero) is 4. The second-order valence-electron chi connectivity index (χ2n) is 10.0. The van der Waals surface area contributed by atoms with Gasteiger partial charge in [0.1, 0.15) is 17.3 Å². The topological polar surface area (TPSA) is 68.3 Å². The summed E-state index contributed by atoms with van der Waals surface area (Å²) in [6.45, 7) is 9.69. The molecule has 1 aromatic rings. The van der Waals surface area contributed by atoms with Crippen molar-refractivity contribution in [3.63, 3.8) is 0 Å². The van der Waals surface area contributed by atoms with E-state index in [4.69, 9.17) is 0 Å². The number of hydrogen-bond donors (Lipinski definition) is 0. The predicted molar refractivity (Wildman–Crippen MR) is 133 cm³/mol. The Kier molecular flexibility index (Phi) is 10.7. The summed E-state index contributed by atoms with van der Waals surface area (Å²) in [6.07, 6.45) is 7.79. The largest absolute Gasteiger partial charge is 0.300 e. The maximum Gasteiger partial charge on any atom is 0.163 e. The molecule has 1 aliphatic carbocycles. The van der Waals surface area contributed by atoms with Crippen LogP contribution in [0.3, 0.4) is 0 Å². The van der Waals surface area contributed by atoms with Crippen molar-refractivity contribution in [1.82, 2.24) is 0 Å². The predicted octanol–water partition coefficient (Wildman–Crippen LogP) is 6.42. The molecule has 3 unspecified atom stereocenters. The lowest BCUT2D eigenvalue weighted by Gasteiger charge is -2.32. The van der Waals surface area contributed by atoms with Crippen molar-refractivity contribution in [1.29, 1.82) is 0 Å². The molecule has 1 aliphatic rings. The van der Waals surface area contributed by atoms with E-state index in [1.165, 1.54) is 6.92 Å². The fraction of sp³-hybridized carbons (Fsp3) is 0.655. The number of unbranched alkanes of at least 4 members (excludes halogenated alkanes) is 1. The van der Waals surface area contributed by atoms with E-state index in [0.29, 0.717) is 19.3 Å². The first-order chi connectivity index (χ1) is 15.7. The molecular formula is C29H42O4. The normalized spacial score (nSPS) is 17.4. The van der Waals surface area contributed by atoms with Gasteiger partial charge in [-0.1, -0.05) is 52.2 Å². The molecule has 182 valence electrons. The first kappa shape index (κ1) is 27.1. The summed E-state index contributed by atoms with van der Waals surface area (Å²) in [5, 5.41) is 0. The zero-order valence-corrected chi connectivity index (χ0v) is 21.3. The van der Waals surface area contributed by atoms with Crippen molar-refractivity contribution < 1.29 is 19.2 Å². The fourth-order valence-electron chi connectivity index (χ4n) is 5.63. The lowest BCUT2D eigenvalue weighted by Crippen LogP contribution is -2.30. The van der Waals surface area contributed by atoms with Crippen LogP contribution in [-0.4, -0.2) is 23.1 Å². The van der Waals surface area contributed by atoms with Gasteiger partial charge in [-0.15, -0.1) is 0 Å². The van der Waals surface area contributed by atoms with E-state index in [9.17, 15) is 19.2 Å². The first-order valence-corrected chi connectivity index (χ1v) is 12.9. The van der Waals surface area contributed by atoms with Crippen molar-refractivity contribution in [2.45, 2.75) is 105 Å². The van der Waals surface area contributed by atoms with Crippen LogP contribution >= 0.6 is 0 Å². The number of hydrogen-bond acceptors (Lipinski definition) is 4. The van der Waals surface area contributed by atoms with Crippen LogP contribution in [0.4, 0.5) is 0 Å². The molecule has 0 radical (unpaired) electrons. The van der Waals surface area contributed by atoms with E-state index in [-0.39, 0.29) is 47.3 Å². The Morgan fingerprint density at radius 3 is 2.39 bits per heavy atom. The molecule has 0 amide bonds. The highest BCUT2D eigenvalue weighted by molar-refractivity contribution is 6.01. The van der Waals surface area contributed by atoms with Crippen LogP contribution in [0.25, 0.3) is 0 Å². The average molecular weight is 455 g/mol. The molecule has 0 bridgehead atoms. The molecule has 1 aromatic carbocycles. The first-order valence-electron chi connectivity index (χ1n) is 12.9. The van der Waals surface area contributed by atoms with Crippen molar-refractivity contribution in [2.24, 2.45) is 17.8 Å². The SMILES string of the molecule is CCCCC(=O)Cc1ccc2c(c1C)C(=O)CC(CC(CCC)C(CC)C(=O)CC(C)=O)C2. The van der Waals surface area contributed by atoms with Gasteiger partial charge >= 0.3 is 0 Å². The maximum absolute atomic E-state index is 13.2. The Labute approximate surface area is 199 Å². The van der Waals surface area contributed by atoms with Crippen LogP contribution in [0.2, 0.25) is 0 Å². The quantitative estimate of drug-likeness (QED) is 0.304. The third kappa shape index (κ3) is 7.45. The molecule has 0 N–H and O–H groups in total. The number of rotatable bonds is 14. The van der Waals surface area contributed by atoms with E-state index in [2.05, 4.69) is 13.8 Å². The van der Waals surface area contributed by atoms with Gasteiger partial charge in [-0.2, -0.15) is 0 Å². The molecule has 4 nitrogen and oxygen atoms in total. The van der Waals surface area contributed by atoms with E-state index >= 15 is 0 Å². The molecule has 0 saturated carbocycles. The Bertz CT molecular complexity index is 867. The van der Waals surface area contributed by atoms with Crippen LogP contribution in [0.15, 0.2) is 12.1 Å². The summed E-state index contributed by atoms with van der Waals surface area (Å²) < 4.78 is 0. The van der Waals surface area contributed by atoms with E-state index in [1.54, 1.807) is 0 Å². The molecule has 0 aliphatic heterocycles. The third-order valence-corrected chi connectivity index (χ3v) is 7.26. The highest BCUT2D eigenvalue weighted by atomic mass is 16.1. The van der Waals surface area contributed by atoms with Crippen LogP contribution < -0.4 is 0 Å². The lowest BCUT2D eigenvalue weighted by molar-refractivity contribution is -0.130. The standard InChI is InChI=1S/C29H42O4/c1-6-9-11-25(31)18-22-12-13-24-16-21(17-28(33)29(24)20(22)5)15-23(10-7-2)26(8-3)27(32)14-19(4)30/h12-13,21,23,26H,6-11,14-18H2,1-5H3. The maximum atomic E-state index is 13.2. The zero-order valence-electron chi connectivity index (χ0n) is 21.3. The van der Waals surface area contributed by atoms with Gasteiger partial charge in [0.15, 0.2) is 5.78 Å². The summed E-state index contributed by atoms with van der Waals surface area (Å²) in [7, 11) is 0. The monoisotopic (exact) mass is 454 g/mol. The van der Waals surface area contributed by atoms with Crippen molar-refractivity contribution in [2.75, 3.05) is 0 Å². The van der Waals surface area contributed by atoms with Crippen molar-refractivity contribution >= 4 is 23.1 Å². The second-order valence-corrected chi connectivity index (χ2v) is 10.0. The van der Waals surface area contributed by atoms with Gasteiger partial charge < -0.3 is 0 Å². The molecule has 4 heteroatoms. The van der Waals surface area contributed by atoms with Crippen LogP contribution in [0.1, 0.15) is 113 Å². The van der Waals surface area contributed by atoms with Crippen LogP contribution in [0, 0.1) is 24.7 Å². The smallest absolute Gasteiger partial charge is 0.163 e. The van der Waals surface area contributed by atoms with Crippen LogP contribution in [0.5, 0.6) is 0 Å². The minimum Gasteiger partial charge on any atom is -0.300 e. The van der Waals surface area contributed by atoms with Gasteiger partial charge in [0.25, 0.3) is 0 Å².